The molecule has 0 radical (unpaired) electrons. The number of nitrogens with one attached hydrogen (secondary N) is 1. The molecular formula is C19H21ClN6O. The van der Waals surface area contributed by atoms with E-state index in [1.165, 1.54) is 6.42 Å². The van der Waals surface area contributed by atoms with Crippen LogP contribution in [-0.4, -0.2) is 30.5 Å². The van der Waals surface area contributed by atoms with E-state index in [1.54, 1.807) is 23.0 Å². The lowest BCUT2D eigenvalue weighted by Gasteiger charge is -2.08. The molecule has 1 aliphatic rings. The lowest BCUT2D eigenvalue weighted by molar-refractivity contribution is 0.0948. The largest absolute Gasteiger partial charge is 0.345 e. The number of rotatable bonds is 4. The number of hydrogen-bond acceptors (Lipinski definition) is 4. The maximum Gasteiger partial charge on any atom is 0.255 e. The zero-order valence-corrected chi connectivity index (χ0v) is 15.9. The molecule has 7 nitrogen and oxygen atoms in total. The summed E-state index contributed by atoms with van der Waals surface area (Å²) in [5.41, 5.74) is 2.18. The number of benzene rings is 1. The minimum absolute atomic E-state index is 0.168. The van der Waals surface area contributed by atoms with Gasteiger partial charge in [-0.25, -0.2) is 4.68 Å². The molecule has 4 rings (SSSR count). The number of nitrogens with zero attached hydrogens (tertiary/aromatic N) is 5. The number of aryl methyl sites for hydroxylation is 1. The Morgan fingerprint density at radius 1 is 1.19 bits per heavy atom. The average molecular weight is 385 g/mol. The Morgan fingerprint density at radius 3 is 2.81 bits per heavy atom. The summed E-state index contributed by atoms with van der Waals surface area (Å²) < 4.78 is 3.87. The molecule has 140 valence electrons. The van der Waals surface area contributed by atoms with Crippen LogP contribution in [0, 0.1) is 6.92 Å². The van der Waals surface area contributed by atoms with Gasteiger partial charge in [-0.2, -0.15) is 5.10 Å². The van der Waals surface area contributed by atoms with Crippen molar-refractivity contribution in [2.45, 2.75) is 45.7 Å². The van der Waals surface area contributed by atoms with Crippen LogP contribution in [0.5, 0.6) is 0 Å². The van der Waals surface area contributed by atoms with Crippen LogP contribution in [0.2, 0.25) is 5.02 Å². The van der Waals surface area contributed by atoms with Gasteiger partial charge in [0, 0.05) is 18.0 Å². The maximum absolute atomic E-state index is 12.7. The fraction of sp³-hybridized carbons (Fsp3) is 0.368. The number of halogens is 1. The summed E-state index contributed by atoms with van der Waals surface area (Å²) in [4.78, 5) is 12.7. The Hall–Kier alpha value is -2.67. The number of fused-ring (bicyclic) bond motifs is 1. The van der Waals surface area contributed by atoms with E-state index in [-0.39, 0.29) is 5.91 Å². The molecule has 27 heavy (non-hydrogen) atoms. The molecule has 0 unspecified atom stereocenters. The predicted octanol–water partition coefficient (Wildman–Crippen LogP) is 3.08. The third-order valence-electron chi connectivity index (χ3n) is 4.92. The van der Waals surface area contributed by atoms with Crippen LogP contribution in [0.1, 0.15) is 47.0 Å². The zero-order valence-electron chi connectivity index (χ0n) is 15.2. The van der Waals surface area contributed by atoms with Gasteiger partial charge in [-0.3, -0.25) is 4.79 Å². The highest BCUT2D eigenvalue weighted by atomic mass is 35.5. The third-order valence-corrected chi connectivity index (χ3v) is 5.17. The molecule has 0 aliphatic carbocycles. The molecule has 0 bridgehead atoms. The van der Waals surface area contributed by atoms with Crippen LogP contribution in [0.4, 0.5) is 0 Å². The molecule has 0 fully saturated rings. The highest BCUT2D eigenvalue weighted by molar-refractivity contribution is 6.30. The molecule has 0 saturated heterocycles. The van der Waals surface area contributed by atoms with Gasteiger partial charge in [0.1, 0.15) is 5.82 Å². The lowest BCUT2D eigenvalue weighted by atomic mass is 10.2. The van der Waals surface area contributed by atoms with Crippen molar-refractivity contribution in [2.24, 2.45) is 0 Å². The highest BCUT2D eigenvalue weighted by Gasteiger charge is 2.18. The molecule has 8 heteroatoms. The van der Waals surface area contributed by atoms with Gasteiger partial charge in [-0.05, 0) is 44.0 Å². The minimum atomic E-state index is -0.168. The van der Waals surface area contributed by atoms with Crippen molar-refractivity contribution < 1.29 is 4.79 Å². The van der Waals surface area contributed by atoms with Crippen LogP contribution in [-0.2, 0) is 19.5 Å². The molecule has 0 spiro atoms. The lowest BCUT2D eigenvalue weighted by Crippen LogP contribution is -2.25. The van der Waals surface area contributed by atoms with Gasteiger partial charge in [-0.15, -0.1) is 10.2 Å². The van der Waals surface area contributed by atoms with Crippen LogP contribution in [0.15, 0.2) is 30.5 Å². The van der Waals surface area contributed by atoms with E-state index in [4.69, 9.17) is 11.6 Å². The number of aromatic nitrogens is 5. The number of carbonyl (C=O) groups is 1. The Kier molecular flexibility index (Phi) is 4.94. The van der Waals surface area contributed by atoms with E-state index in [9.17, 15) is 4.79 Å². The van der Waals surface area contributed by atoms with Crippen LogP contribution in [0.3, 0.4) is 0 Å². The predicted molar refractivity (Wildman–Crippen MR) is 102 cm³/mol. The van der Waals surface area contributed by atoms with E-state index in [0.717, 1.165) is 48.8 Å². The van der Waals surface area contributed by atoms with Gasteiger partial charge < -0.3 is 9.88 Å². The first-order chi connectivity index (χ1) is 13.1. The van der Waals surface area contributed by atoms with Gasteiger partial charge in [0.2, 0.25) is 0 Å². The van der Waals surface area contributed by atoms with Gasteiger partial charge in [0.05, 0.1) is 29.7 Å². The second-order valence-electron chi connectivity index (χ2n) is 6.71. The highest BCUT2D eigenvalue weighted by Crippen LogP contribution is 2.17. The average Bonchev–Trinajstić information content (AvgIpc) is 3.15. The molecule has 0 saturated carbocycles. The van der Waals surface area contributed by atoms with E-state index >= 15 is 0 Å². The quantitative estimate of drug-likeness (QED) is 0.749. The first-order valence-electron chi connectivity index (χ1n) is 9.13. The Bertz CT molecular complexity index is 959. The summed E-state index contributed by atoms with van der Waals surface area (Å²) in [7, 11) is 0. The van der Waals surface area contributed by atoms with Crippen molar-refractivity contribution in [3.63, 3.8) is 0 Å². The summed E-state index contributed by atoms with van der Waals surface area (Å²) in [6, 6.07) is 7.34. The summed E-state index contributed by atoms with van der Waals surface area (Å²) >= 11 is 5.94. The molecule has 1 N–H and O–H groups in total. The number of hydrogen-bond donors (Lipinski definition) is 1. The Morgan fingerprint density at radius 2 is 2.00 bits per heavy atom. The fourth-order valence-electron chi connectivity index (χ4n) is 3.41. The molecule has 3 heterocycles. The van der Waals surface area contributed by atoms with Crippen molar-refractivity contribution in [3.8, 4) is 5.69 Å². The maximum atomic E-state index is 12.7. The van der Waals surface area contributed by atoms with Gasteiger partial charge in [-0.1, -0.05) is 18.0 Å². The van der Waals surface area contributed by atoms with Crippen molar-refractivity contribution >= 4 is 17.5 Å². The second kappa shape index (κ2) is 7.52. The van der Waals surface area contributed by atoms with E-state index in [0.29, 0.717) is 17.1 Å². The summed E-state index contributed by atoms with van der Waals surface area (Å²) in [5.74, 6) is 1.66. The minimum Gasteiger partial charge on any atom is -0.345 e. The SMILES string of the molecule is Cc1c(C(=O)NCc2nnc3n2CCCCC3)cnn1-c1ccc(Cl)cc1. The smallest absolute Gasteiger partial charge is 0.255 e. The summed E-state index contributed by atoms with van der Waals surface area (Å²) in [5, 5.41) is 16.5. The van der Waals surface area contributed by atoms with Crippen molar-refractivity contribution in [1.29, 1.82) is 0 Å². The molecule has 1 aliphatic heterocycles. The van der Waals surface area contributed by atoms with E-state index in [2.05, 4.69) is 25.2 Å². The van der Waals surface area contributed by atoms with E-state index < -0.39 is 0 Å². The summed E-state index contributed by atoms with van der Waals surface area (Å²) in [6.07, 6.45) is 6.02. The second-order valence-corrected chi connectivity index (χ2v) is 7.15. The van der Waals surface area contributed by atoms with Crippen molar-refractivity contribution in [1.82, 2.24) is 29.9 Å². The topological polar surface area (TPSA) is 77.6 Å². The molecule has 0 atom stereocenters. The zero-order chi connectivity index (χ0) is 18.8. The van der Waals surface area contributed by atoms with Crippen molar-refractivity contribution in [2.75, 3.05) is 0 Å². The standard InChI is InChI=1S/C19H21ClN6O/c1-13-16(11-22-26(13)15-8-6-14(20)7-9-15)19(27)21-12-18-24-23-17-5-3-2-4-10-25(17)18/h6-9,11H,2-5,10,12H2,1H3,(H,21,27). The van der Waals surface area contributed by atoms with Gasteiger partial charge in [0.25, 0.3) is 5.91 Å². The fourth-order valence-corrected chi connectivity index (χ4v) is 3.53. The first-order valence-corrected chi connectivity index (χ1v) is 9.51. The van der Waals surface area contributed by atoms with Crippen LogP contribution < -0.4 is 5.32 Å². The Labute approximate surface area is 162 Å². The van der Waals surface area contributed by atoms with Crippen LogP contribution >= 0.6 is 11.6 Å². The summed E-state index contributed by atoms with van der Waals surface area (Å²) in [6.45, 7) is 3.15. The monoisotopic (exact) mass is 384 g/mol. The van der Waals surface area contributed by atoms with Crippen LogP contribution in [0.25, 0.3) is 5.69 Å². The molecule has 3 aromatic rings. The Balaban J connectivity index is 1.48. The third kappa shape index (κ3) is 3.60. The van der Waals surface area contributed by atoms with Gasteiger partial charge >= 0.3 is 0 Å². The molecular weight excluding hydrogens is 364 g/mol. The molecule has 1 amide bonds. The number of carbonyl (C=O) groups excluding carboxylic acids is 1. The first kappa shape index (κ1) is 17.7. The normalized spacial score (nSPS) is 13.9. The van der Waals surface area contributed by atoms with Gasteiger partial charge in [0.15, 0.2) is 5.82 Å². The van der Waals surface area contributed by atoms with E-state index in [1.807, 2.05) is 19.1 Å². The molecule has 2 aromatic heterocycles. The number of amides is 1. The van der Waals surface area contributed by atoms with Crippen molar-refractivity contribution in [3.05, 3.63) is 58.4 Å². The molecule has 1 aromatic carbocycles.